The predicted octanol–water partition coefficient (Wildman–Crippen LogP) is 9.17. The molecule has 0 aromatic carbocycles. The normalized spacial score (nSPS) is 12.4. The first-order chi connectivity index (χ1) is 18.6. The molecule has 0 aliphatic heterocycles. The van der Waals surface area contributed by atoms with Gasteiger partial charge in [-0.3, -0.25) is 9.59 Å². The van der Waals surface area contributed by atoms with Crippen LogP contribution in [0.1, 0.15) is 155 Å². The maximum absolute atomic E-state index is 12.1. The van der Waals surface area contributed by atoms with Crippen molar-refractivity contribution in [3.05, 3.63) is 24.3 Å². The molecule has 1 atom stereocenters. The SMILES string of the molecule is CCCC/C=C/C/C=C/CCCCCCCC(=O)O[C@@H](CO)COC(=O)CCCCCCCCCCCC. The third-order valence-corrected chi connectivity index (χ3v) is 6.75. The van der Waals surface area contributed by atoms with E-state index in [4.69, 9.17) is 9.47 Å². The Balaban J connectivity index is 3.62. The van der Waals surface area contributed by atoms with Gasteiger partial charge in [0.25, 0.3) is 0 Å². The number of unbranched alkanes of at least 4 members (excludes halogenated alkanes) is 16. The molecule has 0 spiro atoms. The first-order valence-corrected chi connectivity index (χ1v) is 15.9. The fraction of sp³-hybridized carbons (Fsp3) is 0.818. The van der Waals surface area contributed by atoms with Crippen molar-refractivity contribution in [2.75, 3.05) is 13.2 Å². The van der Waals surface area contributed by atoms with Crippen LogP contribution in [0.3, 0.4) is 0 Å². The second kappa shape index (κ2) is 29.9. The van der Waals surface area contributed by atoms with Gasteiger partial charge in [0.05, 0.1) is 6.61 Å². The summed E-state index contributed by atoms with van der Waals surface area (Å²) in [5.41, 5.74) is 0. The molecule has 0 rings (SSSR count). The van der Waals surface area contributed by atoms with Crippen molar-refractivity contribution in [1.82, 2.24) is 0 Å². The van der Waals surface area contributed by atoms with Gasteiger partial charge < -0.3 is 14.6 Å². The van der Waals surface area contributed by atoms with Crippen molar-refractivity contribution in [2.45, 2.75) is 161 Å². The lowest BCUT2D eigenvalue weighted by Gasteiger charge is -2.15. The molecule has 0 aromatic rings. The van der Waals surface area contributed by atoms with E-state index in [2.05, 4.69) is 38.2 Å². The summed E-state index contributed by atoms with van der Waals surface area (Å²) in [4.78, 5) is 24.0. The monoisotopic (exact) mass is 536 g/mol. The van der Waals surface area contributed by atoms with E-state index in [-0.39, 0.29) is 25.2 Å². The van der Waals surface area contributed by atoms with Crippen LogP contribution in [0.15, 0.2) is 24.3 Å². The highest BCUT2D eigenvalue weighted by Gasteiger charge is 2.16. The first kappa shape index (κ1) is 36.4. The molecule has 0 amide bonds. The van der Waals surface area contributed by atoms with Gasteiger partial charge in [0.1, 0.15) is 6.61 Å². The fourth-order valence-electron chi connectivity index (χ4n) is 4.27. The summed E-state index contributed by atoms with van der Waals surface area (Å²) in [7, 11) is 0. The van der Waals surface area contributed by atoms with Gasteiger partial charge in [-0.05, 0) is 38.5 Å². The zero-order chi connectivity index (χ0) is 27.9. The van der Waals surface area contributed by atoms with Crippen LogP contribution >= 0.6 is 0 Å². The summed E-state index contributed by atoms with van der Waals surface area (Å²) < 4.78 is 10.5. The van der Waals surface area contributed by atoms with E-state index in [1.807, 2.05) is 0 Å². The Morgan fingerprint density at radius 1 is 0.605 bits per heavy atom. The Kier molecular flexibility index (Phi) is 28.7. The average Bonchev–Trinajstić information content (AvgIpc) is 2.92. The quantitative estimate of drug-likeness (QED) is 0.0613. The maximum Gasteiger partial charge on any atom is 0.306 e. The van der Waals surface area contributed by atoms with Crippen LogP contribution in [-0.4, -0.2) is 36.4 Å². The molecule has 38 heavy (non-hydrogen) atoms. The molecule has 0 saturated heterocycles. The number of carbonyl (C=O) groups is 2. The van der Waals surface area contributed by atoms with Crippen LogP contribution in [0.25, 0.3) is 0 Å². The summed E-state index contributed by atoms with van der Waals surface area (Å²) in [6.07, 6.45) is 32.2. The van der Waals surface area contributed by atoms with Crippen molar-refractivity contribution in [3.8, 4) is 0 Å². The van der Waals surface area contributed by atoms with Gasteiger partial charge >= 0.3 is 11.9 Å². The highest BCUT2D eigenvalue weighted by atomic mass is 16.6. The molecular weight excluding hydrogens is 476 g/mol. The largest absolute Gasteiger partial charge is 0.462 e. The zero-order valence-electron chi connectivity index (χ0n) is 24.9. The Labute approximate surface area is 234 Å². The standard InChI is InChI=1S/C33H60O5/c1-3-5-7-9-11-13-15-16-17-18-20-22-24-26-28-33(36)38-31(29-34)30-37-32(35)27-25-23-21-19-14-12-10-8-6-4-2/h9,11,15-16,31,34H,3-8,10,12-14,17-30H2,1-2H3/b11-9+,16-15+/t31-/m0/s1. The van der Waals surface area contributed by atoms with E-state index in [1.165, 1.54) is 77.0 Å². The molecule has 0 saturated carbocycles. The summed E-state index contributed by atoms with van der Waals surface area (Å²) in [5.74, 6) is -0.609. The minimum absolute atomic E-state index is 0.0686. The average molecular weight is 537 g/mol. The van der Waals surface area contributed by atoms with Crippen LogP contribution in [0.2, 0.25) is 0 Å². The third-order valence-electron chi connectivity index (χ3n) is 6.75. The Morgan fingerprint density at radius 3 is 1.63 bits per heavy atom. The third kappa shape index (κ3) is 27.4. The van der Waals surface area contributed by atoms with Crippen molar-refractivity contribution in [2.24, 2.45) is 0 Å². The fourth-order valence-corrected chi connectivity index (χ4v) is 4.27. The van der Waals surface area contributed by atoms with Crippen molar-refractivity contribution < 1.29 is 24.2 Å². The lowest BCUT2D eigenvalue weighted by molar-refractivity contribution is -0.161. The second-order valence-electron chi connectivity index (χ2n) is 10.5. The van der Waals surface area contributed by atoms with Gasteiger partial charge in [0.15, 0.2) is 6.10 Å². The molecule has 0 fully saturated rings. The van der Waals surface area contributed by atoms with Crippen molar-refractivity contribution in [3.63, 3.8) is 0 Å². The lowest BCUT2D eigenvalue weighted by Crippen LogP contribution is -2.28. The molecule has 0 heterocycles. The second-order valence-corrected chi connectivity index (χ2v) is 10.5. The van der Waals surface area contributed by atoms with E-state index in [9.17, 15) is 14.7 Å². The number of carbonyl (C=O) groups excluding carboxylic acids is 2. The molecule has 0 radical (unpaired) electrons. The van der Waals surface area contributed by atoms with Gasteiger partial charge in [0.2, 0.25) is 0 Å². The Morgan fingerprint density at radius 2 is 1.08 bits per heavy atom. The molecule has 1 N–H and O–H groups in total. The highest BCUT2D eigenvalue weighted by molar-refractivity contribution is 5.70. The van der Waals surface area contributed by atoms with Crippen LogP contribution < -0.4 is 0 Å². The highest BCUT2D eigenvalue weighted by Crippen LogP contribution is 2.12. The molecule has 5 nitrogen and oxygen atoms in total. The summed E-state index contributed by atoms with van der Waals surface area (Å²) in [6.45, 7) is 4.05. The van der Waals surface area contributed by atoms with E-state index >= 15 is 0 Å². The Hall–Kier alpha value is -1.62. The van der Waals surface area contributed by atoms with Crippen LogP contribution in [0, 0.1) is 0 Å². The maximum atomic E-state index is 12.1. The minimum Gasteiger partial charge on any atom is -0.462 e. The number of aliphatic hydroxyl groups excluding tert-OH is 1. The predicted molar refractivity (Wildman–Crippen MR) is 159 cm³/mol. The van der Waals surface area contributed by atoms with E-state index in [0.717, 1.165) is 51.4 Å². The molecule has 0 aliphatic rings. The summed E-state index contributed by atoms with van der Waals surface area (Å²) >= 11 is 0. The molecule has 0 aliphatic carbocycles. The van der Waals surface area contributed by atoms with E-state index in [0.29, 0.717) is 12.8 Å². The number of aliphatic hydroxyl groups is 1. The summed E-state index contributed by atoms with van der Waals surface area (Å²) in [5, 5.41) is 9.47. The van der Waals surface area contributed by atoms with E-state index < -0.39 is 6.10 Å². The number of esters is 2. The molecule has 0 bridgehead atoms. The van der Waals surface area contributed by atoms with Gasteiger partial charge in [-0.15, -0.1) is 0 Å². The number of allylic oxidation sites excluding steroid dienone is 4. The van der Waals surface area contributed by atoms with Gasteiger partial charge in [-0.2, -0.15) is 0 Å². The molecule has 5 heteroatoms. The van der Waals surface area contributed by atoms with Gasteiger partial charge in [-0.25, -0.2) is 0 Å². The molecule has 222 valence electrons. The number of hydrogen-bond donors (Lipinski definition) is 1. The summed E-state index contributed by atoms with van der Waals surface area (Å²) in [6, 6.07) is 0. The molecule has 0 unspecified atom stereocenters. The van der Waals surface area contributed by atoms with Crippen LogP contribution in [0.4, 0.5) is 0 Å². The van der Waals surface area contributed by atoms with Crippen molar-refractivity contribution in [1.29, 1.82) is 0 Å². The minimum atomic E-state index is -0.771. The molecular formula is C33H60O5. The van der Waals surface area contributed by atoms with Crippen LogP contribution in [0.5, 0.6) is 0 Å². The number of ether oxygens (including phenoxy) is 2. The van der Waals surface area contributed by atoms with Gasteiger partial charge in [-0.1, -0.05) is 128 Å². The Bertz CT molecular complexity index is 584. The number of rotatable bonds is 28. The first-order valence-electron chi connectivity index (χ1n) is 15.9. The topological polar surface area (TPSA) is 72.8 Å². The number of hydrogen-bond acceptors (Lipinski definition) is 5. The lowest BCUT2D eigenvalue weighted by atomic mass is 10.1. The van der Waals surface area contributed by atoms with Crippen LogP contribution in [-0.2, 0) is 19.1 Å². The van der Waals surface area contributed by atoms with Crippen molar-refractivity contribution >= 4 is 11.9 Å². The van der Waals surface area contributed by atoms with Gasteiger partial charge in [0, 0.05) is 12.8 Å². The molecule has 0 aromatic heterocycles. The zero-order valence-corrected chi connectivity index (χ0v) is 24.9. The smallest absolute Gasteiger partial charge is 0.306 e. The van der Waals surface area contributed by atoms with E-state index in [1.54, 1.807) is 0 Å².